The first-order chi connectivity index (χ1) is 0. The van der Waals surface area contributed by atoms with E-state index in [1.165, 1.54) is 0 Å². The second-order valence-electron chi connectivity index (χ2n) is 0. The van der Waals surface area contributed by atoms with Gasteiger partial charge in [-0.25, -0.2) is 0 Å². The summed E-state index contributed by atoms with van der Waals surface area (Å²) in [5.74, 6) is 0. The molecular weight excluding hydrogens is 279 g/mol. The van der Waals surface area contributed by atoms with E-state index in [1.807, 2.05) is 0 Å². The predicted molar refractivity (Wildman–Crippen MR) is 52.3 cm³/mol. The van der Waals surface area contributed by atoms with Gasteiger partial charge in [-0.2, -0.15) is 0 Å². The fourth-order valence-electron chi connectivity index (χ4n) is 0. The van der Waals surface area contributed by atoms with Crippen LogP contribution < -0.4 is 0 Å². The zero-order valence-corrected chi connectivity index (χ0v) is 8.86. The third kappa shape index (κ3) is 443. The van der Waals surface area contributed by atoms with Crippen LogP contribution in [0.1, 0.15) is 2.85 Å². The van der Waals surface area contributed by atoms with Crippen molar-refractivity contribution in [1.29, 1.82) is 0 Å². The fourth-order valence-corrected chi connectivity index (χ4v) is 0. The topological polar surface area (TPSA) is 252 Å². The quantitative estimate of drug-likeness (QED) is 0.298. The van der Waals surface area contributed by atoms with Crippen LogP contribution in [0.4, 0.5) is 0 Å². The third-order valence-electron chi connectivity index (χ3n) is 0. The third-order valence-corrected chi connectivity index (χ3v) is 0. The Morgan fingerprint density at radius 3 is 0.400 bits per heavy atom. The van der Waals surface area contributed by atoms with Crippen LogP contribution in [0.15, 0.2) is 0 Å². The van der Waals surface area contributed by atoms with E-state index in [9.17, 15) is 0 Å². The monoisotopic (exact) mass is 298 g/mol. The van der Waals surface area contributed by atoms with Crippen LogP contribution in [0, 0.1) is 0 Å². The van der Waals surface area contributed by atoms with Crippen molar-refractivity contribution in [3.05, 3.63) is 0 Å². The summed E-state index contributed by atoms with van der Waals surface area (Å²) in [6, 6.07) is 0. The maximum atomic E-state index is 0. The Morgan fingerprint density at radius 2 is 0.400 bits per heavy atom. The average Bonchev–Trinajstić information content (AvgIpc) is 0. The molecule has 0 atom stereocenters. The van der Waals surface area contributed by atoms with E-state index in [-0.39, 0.29) is 93.7 Å². The molecule has 0 aromatic rings. The Kier molecular flexibility index (Phi) is 51800. The Bertz CT molecular complexity index is 17.0. The van der Waals surface area contributed by atoms with Gasteiger partial charge in [-0.1, -0.05) is 0 Å². The first kappa shape index (κ1) is 837. The maximum absolute atomic E-state index is 0. The van der Waals surface area contributed by atoms with Crippen molar-refractivity contribution in [2.75, 3.05) is 0 Å². The minimum atomic E-state index is 0. The zero-order valence-electron chi connectivity index (χ0n) is 7.12. The van der Waals surface area contributed by atoms with Crippen LogP contribution >= 0.6 is 24.0 Å². The SMILES string of the molecule is I.O.O.O.O.O.O.O.O.[H-].[H-].[Mg+2]. The maximum Gasteiger partial charge on any atom is 2.00 e. The molecule has 0 fully saturated rings. The van der Waals surface area contributed by atoms with Gasteiger partial charge in [0.15, 0.2) is 0 Å². The summed E-state index contributed by atoms with van der Waals surface area (Å²) in [5.41, 5.74) is 0. The zero-order chi connectivity index (χ0) is 0. The van der Waals surface area contributed by atoms with Crippen molar-refractivity contribution in [1.82, 2.24) is 0 Å². The van der Waals surface area contributed by atoms with E-state index in [1.54, 1.807) is 0 Å². The van der Waals surface area contributed by atoms with Gasteiger partial charge in [0.1, 0.15) is 0 Å². The molecule has 16 N–H and O–H groups in total. The number of halogens is 1. The van der Waals surface area contributed by atoms with E-state index >= 15 is 0 Å². The Balaban J connectivity index is 0. The van der Waals surface area contributed by atoms with Crippen LogP contribution in [-0.2, 0) is 0 Å². The fraction of sp³-hybridized carbons (Fsp3) is 0. The minimum absolute atomic E-state index is 0. The molecule has 0 unspecified atom stereocenters. The first-order valence-corrected chi connectivity index (χ1v) is 0. The van der Waals surface area contributed by atoms with Crippen LogP contribution in [0.25, 0.3) is 0 Å². The summed E-state index contributed by atoms with van der Waals surface area (Å²) in [5, 5.41) is 0. The summed E-state index contributed by atoms with van der Waals surface area (Å²) >= 11 is 0. The molecule has 0 spiro atoms. The van der Waals surface area contributed by atoms with E-state index < -0.39 is 0 Å². The van der Waals surface area contributed by atoms with Gasteiger partial charge >= 0.3 is 23.1 Å². The summed E-state index contributed by atoms with van der Waals surface area (Å²) < 4.78 is 0. The molecule has 8 nitrogen and oxygen atoms in total. The van der Waals surface area contributed by atoms with Crippen molar-refractivity contribution < 1.29 is 46.7 Å². The van der Waals surface area contributed by atoms with Crippen molar-refractivity contribution >= 4 is 47.0 Å². The molecular formula is H19IMgO8. The number of hydrogen-bond acceptors (Lipinski definition) is 0. The normalized spacial score (nSPS) is 0. The summed E-state index contributed by atoms with van der Waals surface area (Å²) in [6.45, 7) is 0. The van der Waals surface area contributed by atoms with Crippen molar-refractivity contribution in [2.45, 2.75) is 0 Å². The van der Waals surface area contributed by atoms with Gasteiger partial charge in [-0.05, 0) is 0 Å². The summed E-state index contributed by atoms with van der Waals surface area (Å²) in [6.07, 6.45) is 0. The molecule has 0 aliphatic carbocycles. The standard InChI is InChI=1S/HI.Mg.8H2O.2H/h1H;;8*1H2;;/q;+2;;;;;;;;;2*-1. The summed E-state index contributed by atoms with van der Waals surface area (Å²) in [4.78, 5) is 0. The largest absolute Gasteiger partial charge is 2.00 e. The van der Waals surface area contributed by atoms with Gasteiger partial charge in [0, 0.05) is 0 Å². The molecule has 0 radical (unpaired) electrons. The molecule has 0 aliphatic heterocycles. The van der Waals surface area contributed by atoms with Gasteiger partial charge in [0.2, 0.25) is 0 Å². The van der Waals surface area contributed by atoms with Crippen molar-refractivity contribution in [3.63, 3.8) is 0 Å². The van der Waals surface area contributed by atoms with Crippen LogP contribution in [0.2, 0.25) is 0 Å². The predicted octanol–water partition coefficient (Wildman–Crippen LogP) is -6.14. The Labute approximate surface area is 93.6 Å². The number of hydrogen-bond donors (Lipinski definition) is 0. The van der Waals surface area contributed by atoms with Gasteiger partial charge in [-0.3, -0.25) is 0 Å². The molecule has 0 aromatic heterocycles. The molecule has 0 bridgehead atoms. The van der Waals surface area contributed by atoms with Crippen molar-refractivity contribution in [2.24, 2.45) is 0 Å². The van der Waals surface area contributed by atoms with Crippen molar-refractivity contribution in [3.8, 4) is 0 Å². The molecule has 76 valence electrons. The van der Waals surface area contributed by atoms with E-state index in [0.29, 0.717) is 0 Å². The summed E-state index contributed by atoms with van der Waals surface area (Å²) in [7, 11) is 0. The van der Waals surface area contributed by atoms with Crippen LogP contribution in [0.5, 0.6) is 0 Å². The minimum Gasteiger partial charge on any atom is -1.00 e. The molecule has 0 amide bonds. The van der Waals surface area contributed by atoms with Crippen LogP contribution in [0.3, 0.4) is 0 Å². The molecule has 0 aromatic carbocycles. The van der Waals surface area contributed by atoms with Gasteiger partial charge in [0.05, 0.1) is 0 Å². The average molecular weight is 298 g/mol. The smallest absolute Gasteiger partial charge is 1.00 e. The van der Waals surface area contributed by atoms with E-state index in [2.05, 4.69) is 0 Å². The van der Waals surface area contributed by atoms with Gasteiger partial charge < -0.3 is 46.7 Å². The van der Waals surface area contributed by atoms with Gasteiger partial charge in [-0.15, -0.1) is 24.0 Å². The molecule has 0 heterocycles. The van der Waals surface area contributed by atoms with E-state index in [0.717, 1.165) is 0 Å². The second kappa shape index (κ2) is 619. The molecule has 10 heteroatoms. The Morgan fingerprint density at radius 1 is 0.400 bits per heavy atom. The molecule has 10 heavy (non-hydrogen) atoms. The second-order valence-corrected chi connectivity index (χ2v) is 0. The Hall–Kier alpha value is 1.18. The van der Waals surface area contributed by atoms with Crippen LogP contribution in [-0.4, -0.2) is 66.9 Å². The molecule has 0 rings (SSSR count). The first-order valence-electron chi connectivity index (χ1n) is 0. The molecule has 0 saturated carbocycles. The molecule has 0 saturated heterocycles. The van der Waals surface area contributed by atoms with E-state index in [4.69, 9.17) is 0 Å². The number of rotatable bonds is 0. The van der Waals surface area contributed by atoms with Gasteiger partial charge in [0.25, 0.3) is 0 Å². The molecule has 0 aliphatic rings.